The van der Waals surface area contributed by atoms with Crippen LogP contribution in [0.25, 0.3) is 0 Å². The topological polar surface area (TPSA) is 55.1 Å². The standard InChI is InChI=1S/C13H24N2O/c1-10-5-4-6-11(10)12(16)15-13(9-14)7-2-3-8-13/h10-11H,2-9,14H2,1H3,(H,15,16). The lowest BCUT2D eigenvalue weighted by molar-refractivity contribution is -0.127. The van der Waals surface area contributed by atoms with Gasteiger partial charge >= 0.3 is 0 Å². The predicted octanol–water partition coefficient (Wildman–Crippen LogP) is 1.81. The molecule has 0 spiro atoms. The first-order chi connectivity index (χ1) is 7.67. The monoisotopic (exact) mass is 224 g/mol. The molecule has 1 amide bonds. The Labute approximate surface area is 98.2 Å². The van der Waals surface area contributed by atoms with Crippen molar-refractivity contribution in [1.82, 2.24) is 5.32 Å². The van der Waals surface area contributed by atoms with E-state index >= 15 is 0 Å². The molecule has 0 bridgehead atoms. The molecule has 3 nitrogen and oxygen atoms in total. The highest BCUT2D eigenvalue weighted by molar-refractivity contribution is 5.80. The second-order valence-corrected chi connectivity index (χ2v) is 5.70. The smallest absolute Gasteiger partial charge is 0.223 e. The van der Waals surface area contributed by atoms with Gasteiger partial charge in [0.2, 0.25) is 5.91 Å². The van der Waals surface area contributed by atoms with Crippen LogP contribution in [0, 0.1) is 11.8 Å². The van der Waals surface area contributed by atoms with Crippen LogP contribution in [0.3, 0.4) is 0 Å². The molecular formula is C13H24N2O. The SMILES string of the molecule is CC1CCCC1C(=O)NC1(CN)CCCC1. The molecule has 2 aliphatic carbocycles. The number of carbonyl (C=O) groups is 1. The summed E-state index contributed by atoms with van der Waals surface area (Å²) in [5.74, 6) is 1.05. The first-order valence-electron chi connectivity index (χ1n) is 6.69. The van der Waals surface area contributed by atoms with Gasteiger partial charge in [-0.2, -0.15) is 0 Å². The number of nitrogens with one attached hydrogen (secondary N) is 1. The van der Waals surface area contributed by atoms with Crippen LogP contribution < -0.4 is 11.1 Å². The first-order valence-corrected chi connectivity index (χ1v) is 6.69. The molecule has 0 aromatic carbocycles. The molecule has 2 fully saturated rings. The van der Waals surface area contributed by atoms with Crippen LogP contribution in [0.2, 0.25) is 0 Å². The molecule has 2 rings (SSSR count). The molecule has 0 radical (unpaired) electrons. The van der Waals surface area contributed by atoms with Gasteiger partial charge in [0.15, 0.2) is 0 Å². The Balaban J connectivity index is 1.95. The first kappa shape index (κ1) is 11.9. The van der Waals surface area contributed by atoms with E-state index in [9.17, 15) is 4.79 Å². The van der Waals surface area contributed by atoms with Crippen molar-refractivity contribution in [2.45, 2.75) is 57.4 Å². The van der Waals surface area contributed by atoms with Gasteiger partial charge in [0.25, 0.3) is 0 Å². The zero-order valence-electron chi connectivity index (χ0n) is 10.3. The Hall–Kier alpha value is -0.570. The fourth-order valence-electron chi connectivity index (χ4n) is 3.32. The summed E-state index contributed by atoms with van der Waals surface area (Å²) >= 11 is 0. The Morgan fingerprint density at radius 3 is 2.50 bits per heavy atom. The highest BCUT2D eigenvalue weighted by Gasteiger charge is 2.37. The van der Waals surface area contributed by atoms with E-state index in [1.165, 1.54) is 25.7 Å². The lowest BCUT2D eigenvalue weighted by Gasteiger charge is -2.31. The molecule has 0 heterocycles. The van der Waals surface area contributed by atoms with Crippen molar-refractivity contribution >= 4 is 5.91 Å². The third-order valence-corrected chi connectivity index (χ3v) is 4.54. The Morgan fingerprint density at radius 1 is 1.31 bits per heavy atom. The molecule has 3 N–H and O–H groups in total. The Morgan fingerprint density at radius 2 is 2.00 bits per heavy atom. The van der Waals surface area contributed by atoms with Crippen LogP contribution in [0.15, 0.2) is 0 Å². The van der Waals surface area contributed by atoms with Crippen molar-refractivity contribution in [3.05, 3.63) is 0 Å². The third-order valence-electron chi connectivity index (χ3n) is 4.54. The van der Waals surface area contributed by atoms with E-state index < -0.39 is 0 Å². The van der Waals surface area contributed by atoms with Crippen molar-refractivity contribution in [3.8, 4) is 0 Å². The fraction of sp³-hybridized carbons (Fsp3) is 0.923. The van der Waals surface area contributed by atoms with Crippen LogP contribution >= 0.6 is 0 Å². The molecule has 0 aromatic heterocycles. The van der Waals surface area contributed by atoms with Gasteiger partial charge in [-0.25, -0.2) is 0 Å². The molecule has 2 atom stereocenters. The van der Waals surface area contributed by atoms with E-state index in [0.29, 0.717) is 12.5 Å². The molecule has 2 aliphatic rings. The highest BCUT2D eigenvalue weighted by Crippen LogP contribution is 2.34. The minimum atomic E-state index is -0.0700. The zero-order valence-corrected chi connectivity index (χ0v) is 10.3. The number of rotatable bonds is 3. The zero-order chi connectivity index (χ0) is 11.6. The quantitative estimate of drug-likeness (QED) is 0.768. The van der Waals surface area contributed by atoms with Crippen molar-refractivity contribution < 1.29 is 4.79 Å². The number of nitrogens with two attached hydrogens (primary N) is 1. The van der Waals surface area contributed by atoms with Gasteiger partial charge in [0.05, 0.1) is 5.54 Å². The largest absolute Gasteiger partial charge is 0.349 e. The summed E-state index contributed by atoms with van der Waals surface area (Å²) in [6, 6.07) is 0. The van der Waals surface area contributed by atoms with E-state index in [4.69, 9.17) is 5.73 Å². The van der Waals surface area contributed by atoms with Gasteiger partial charge in [-0.15, -0.1) is 0 Å². The summed E-state index contributed by atoms with van der Waals surface area (Å²) in [6.45, 7) is 2.79. The molecule has 3 heteroatoms. The van der Waals surface area contributed by atoms with Gasteiger partial charge in [-0.05, 0) is 31.6 Å². The fourth-order valence-corrected chi connectivity index (χ4v) is 3.32. The molecule has 92 valence electrons. The number of hydrogen-bond donors (Lipinski definition) is 2. The number of carbonyl (C=O) groups excluding carboxylic acids is 1. The Kier molecular flexibility index (Phi) is 3.53. The van der Waals surface area contributed by atoms with Gasteiger partial charge in [0.1, 0.15) is 0 Å². The van der Waals surface area contributed by atoms with Crippen LogP contribution in [0.5, 0.6) is 0 Å². The second kappa shape index (κ2) is 4.74. The van der Waals surface area contributed by atoms with Crippen LogP contribution in [0.1, 0.15) is 51.9 Å². The number of hydrogen-bond acceptors (Lipinski definition) is 2. The van der Waals surface area contributed by atoms with E-state index in [-0.39, 0.29) is 17.4 Å². The van der Waals surface area contributed by atoms with Gasteiger partial charge in [-0.1, -0.05) is 26.2 Å². The third kappa shape index (κ3) is 2.24. The summed E-state index contributed by atoms with van der Waals surface area (Å²) in [4.78, 5) is 12.2. The maximum atomic E-state index is 12.2. The summed E-state index contributed by atoms with van der Waals surface area (Å²) in [5, 5.41) is 3.25. The maximum Gasteiger partial charge on any atom is 0.223 e. The average Bonchev–Trinajstić information content (AvgIpc) is 2.87. The normalized spacial score (nSPS) is 32.9. The summed E-state index contributed by atoms with van der Waals surface area (Å²) in [6.07, 6.45) is 8.01. The molecule has 0 aromatic rings. The molecule has 2 unspecified atom stereocenters. The van der Waals surface area contributed by atoms with Crippen LogP contribution in [-0.2, 0) is 4.79 Å². The van der Waals surface area contributed by atoms with Crippen molar-refractivity contribution in [1.29, 1.82) is 0 Å². The molecule has 0 aliphatic heterocycles. The lowest BCUT2D eigenvalue weighted by Crippen LogP contribution is -2.53. The Bertz CT molecular complexity index is 259. The summed E-state index contributed by atoms with van der Waals surface area (Å²) in [5.41, 5.74) is 5.77. The minimum absolute atomic E-state index is 0.0700. The molecular weight excluding hydrogens is 200 g/mol. The van der Waals surface area contributed by atoms with E-state index in [1.54, 1.807) is 0 Å². The lowest BCUT2D eigenvalue weighted by atomic mass is 9.93. The summed E-state index contributed by atoms with van der Waals surface area (Å²) in [7, 11) is 0. The van der Waals surface area contributed by atoms with E-state index in [2.05, 4.69) is 12.2 Å². The predicted molar refractivity (Wildman–Crippen MR) is 64.9 cm³/mol. The van der Waals surface area contributed by atoms with Gasteiger partial charge in [0, 0.05) is 12.5 Å². The molecule has 16 heavy (non-hydrogen) atoms. The van der Waals surface area contributed by atoms with Gasteiger partial charge in [-0.3, -0.25) is 4.79 Å². The van der Waals surface area contributed by atoms with Crippen LogP contribution in [-0.4, -0.2) is 18.0 Å². The van der Waals surface area contributed by atoms with E-state index in [1.807, 2.05) is 0 Å². The van der Waals surface area contributed by atoms with Crippen LogP contribution in [0.4, 0.5) is 0 Å². The van der Waals surface area contributed by atoms with Crippen molar-refractivity contribution in [2.75, 3.05) is 6.54 Å². The van der Waals surface area contributed by atoms with Crippen molar-refractivity contribution in [2.24, 2.45) is 17.6 Å². The van der Waals surface area contributed by atoms with Crippen molar-refractivity contribution in [3.63, 3.8) is 0 Å². The second-order valence-electron chi connectivity index (χ2n) is 5.70. The molecule has 2 saturated carbocycles. The van der Waals surface area contributed by atoms with E-state index in [0.717, 1.165) is 19.3 Å². The van der Waals surface area contributed by atoms with Gasteiger partial charge < -0.3 is 11.1 Å². The average molecular weight is 224 g/mol. The maximum absolute atomic E-state index is 12.2. The molecule has 0 saturated heterocycles. The minimum Gasteiger partial charge on any atom is -0.349 e. The summed E-state index contributed by atoms with van der Waals surface area (Å²) < 4.78 is 0. The highest BCUT2D eigenvalue weighted by atomic mass is 16.2. The number of amides is 1.